The van der Waals surface area contributed by atoms with Crippen molar-refractivity contribution in [3.63, 3.8) is 0 Å². The van der Waals surface area contributed by atoms with Gasteiger partial charge in [-0.3, -0.25) is 0 Å². The van der Waals surface area contributed by atoms with Crippen LogP contribution in [0.25, 0.3) is 0 Å². The molecule has 0 fully saturated rings. The fraction of sp³-hybridized carbons (Fsp3) is 0.400. The summed E-state index contributed by atoms with van der Waals surface area (Å²) in [7, 11) is 0. The fourth-order valence-electron chi connectivity index (χ4n) is 0.976. The van der Waals surface area contributed by atoms with Crippen molar-refractivity contribution in [3.8, 4) is 11.5 Å². The van der Waals surface area contributed by atoms with Crippen LogP contribution in [0.1, 0.15) is 18.9 Å². The lowest BCUT2D eigenvalue weighted by Gasteiger charge is -2.07. The van der Waals surface area contributed by atoms with E-state index in [1.54, 1.807) is 6.92 Å². The Morgan fingerprint density at radius 1 is 1.46 bits per heavy atom. The van der Waals surface area contributed by atoms with E-state index in [4.69, 9.17) is 4.74 Å². The third-order valence-electron chi connectivity index (χ3n) is 1.70. The molecule has 0 saturated carbocycles. The highest BCUT2D eigenvalue weighted by atomic mass is 19.1. The van der Waals surface area contributed by atoms with E-state index in [1.165, 1.54) is 12.1 Å². The van der Waals surface area contributed by atoms with Crippen molar-refractivity contribution in [2.45, 2.75) is 20.3 Å². The smallest absolute Gasteiger partial charge is 0.163 e. The summed E-state index contributed by atoms with van der Waals surface area (Å²) in [5, 5.41) is 9.35. The van der Waals surface area contributed by atoms with Crippen molar-refractivity contribution >= 4 is 0 Å². The Hall–Kier alpha value is -1.25. The standard InChI is InChI=1S/C10H13FO2/c1-3-4-13-10-6-8(11)7(2)5-9(10)12/h5-6,12H,3-4H2,1-2H3. The minimum atomic E-state index is -0.357. The molecule has 0 aliphatic carbocycles. The summed E-state index contributed by atoms with van der Waals surface area (Å²) in [5.74, 6) is -0.152. The SMILES string of the molecule is CCCOc1cc(F)c(C)cc1O. The van der Waals surface area contributed by atoms with E-state index in [2.05, 4.69) is 0 Å². The molecule has 0 radical (unpaired) electrons. The minimum absolute atomic E-state index is 0.00708. The van der Waals surface area contributed by atoms with Gasteiger partial charge in [0, 0.05) is 6.07 Å². The number of hydrogen-bond donors (Lipinski definition) is 1. The van der Waals surface area contributed by atoms with Crippen molar-refractivity contribution in [3.05, 3.63) is 23.5 Å². The van der Waals surface area contributed by atoms with Gasteiger partial charge in [-0.25, -0.2) is 4.39 Å². The van der Waals surface area contributed by atoms with Crippen molar-refractivity contribution in [2.24, 2.45) is 0 Å². The number of phenolic OH excluding ortho intramolecular Hbond substituents is 1. The van der Waals surface area contributed by atoms with Gasteiger partial charge in [-0.1, -0.05) is 6.92 Å². The molecule has 1 rings (SSSR count). The normalized spacial score (nSPS) is 10.1. The van der Waals surface area contributed by atoms with Crippen molar-refractivity contribution in [1.29, 1.82) is 0 Å². The van der Waals surface area contributed by atoms with Crippen LogP contribution in [0, 0.1) is 12.7 Å². The highest BCUT2D eigenvalue weighted by Gasteiger charge is 2.06. The Bertz CT molecular complexity index is 297. The number of ether oxygens (including phenoxy) is 1. The van der Waals surface area contributed by atoms with E-state index < -0.39 is 0 Å². The molecule has 0 aliphatic heterocycles. The van der Waals surface area contributed by atoms with E-state index >= 15 is 0 Å². The average molecular weight is 184 g/mol. The molecule has 0 aliphatic rings. The lowest BCUT2D eigenvalue weighted by Crippen LogP contribution is -1.96. The molecule has 0 amide bonds. The van der Waals surface area contributed by atoms with Crippen LogP contribution in [-0.2, 0) is 0 Å². The number of benzene rings is 1. The average Bonchev–Trinajstić information content (AvgIpc) is 2.09. The van der Waals surface area contributed by atoms with E-state index in [9.17, 15) is 9.50 Å². The molecule has 0 aromatic heterocycles. The molecule has 0 saturated heterocycles. The van der Waals surface area contributed by atoms with Gasteiger partial charge < -0.3 is 9.84 Å². The molecule has 1 aromatic rings. The predicted octanol–water partition coefficient (Wildman–Crippen LogP) is 2.63. The van der Waals surface area contributed by atoms with Crippen molar-refractivity contribution in [2.75, 3.05) is 6.61 Å². The Kier molecular flexibility index (Phi) is 3.12. The van der Waals surface area contributed by atoms with Crippen molar-refractivity contribution < 1.29 is 14.2 Å². The second-order valence-corrected chi connectivity index (χ2v) is 2.92. The Labute approximate surface area is 77.0 Å². The molecule has 0 unspecified atom stereocenters. The van der Waals surface area contributed by atoms with Crippen LogP contribution < -0.4 is 4.74 Å². The second kappa shape index (κ2) is 4.12. The maximum atomic E-state index is 13.0. The zero-order valence-electron chi connectivity index (χ0n) is 7.80. The van der Waals surface area contributed by atoms with Crippen LogP contribution in [0.3, 0.4) is 0 Å². The zero-order valence-corrected chi connectivity index (χ0v) is 7.80. The van der Waals surface area contributed by atoms with Crippen LogP contribution in [-0.4, -0.2) is 11.7 Å². The molecule has 1 aromatic carbocycles. The molecule has 0 atom stereocenters. The van der Waals surface area contributed by atoms with E-state index in [0.29, 0.717) is 12.2 Å². The lowest BCUT2D eigenvalue weighted by atomic mass is 10.2. The number of hydrogen-bond acceptors (Lipinski definition) is 2. The number of phenols is 1. The van der Waals surface area contributed by atoms with Gasteiger partial charge in [0.1, 0.15) is 5.82 Å². The molecule has 2 nitrogen and oxygen atoms in total. The van der Waals surface area contributed by atoms with Crippen LogP contribution >= 0.6 is 0 Å². The number of aryl methyl sites for hydroxylation is 1. The highest BCUT2D eigenvalue weighted by Crippen LogP contribution is 2.28. The lowest BCUT2D eigenvalue weighted by molar-refractivity contribution is 0.297. The number of halogens is 1. The largest absolute Gasteiger partial charge is 0.504 e. The maximum Gasteiger partial charge on any atom is 0.163 e. The molecular formula is C10H13FO2. The Morgan fingerprint density at radius 3 is 2.77 bits per heavy atom. The summed E-state index contributed by atoms with van der Waals surface area (Å²) in [6, 6.07) is 2.57. The molecule has 3 heteroatoms. The first-order valence-electron chi connectivity index (χ1n) is 4.27. The molecule has 0 heterocycles. The van der Waals surface area contributed by atoms with Gasteiger partial charge in [0.25, 0.3) is 0 Å². The Balaban J connectivity index is 2.88. The van der Waals surface area contributed by atoms with Gasteiger partial charge in [-0.2, -0.15) is 0 Å². The van der Waals surface area contributed by atoms with E-state index in [-0.39, 0.29) is 17.3 Å². The van der Waals surface area contributed by atoms with E-state index in [1.807, 2.05) is 6.92 Å². The quantitative estimate of drug-likeness (QED) is 0.782. The number of aromatic hydroxyl groups is 1. The van der Waals surface area contributed by atoms with Gasteiger partial charge in [0.15, 0.2) is 11.5 Å². The van der Waals surface area contributed by atoms with Crippen LogP contribution in [0.15, 0.2) is 12.1 Å². The fourth-order valence-corrected chi connectivity index (χ4v) is 0.976. The highest BCUT2D eigenvalue weighted by molar-refractivity contribution is 5.42. The summed E-state index contributed by atoms with van der Waals surface area (Å²) < 4.78 is 18.1. The summed E-state index contributed by atoms with van der Waals surface area (Å²) >= 11 is 0. The second-order valence-electron chi connectivity index (χ2n) is 2.92. The van der Waals surface area contributed by atoms with Gasteiger partial charge in [0.05, 0.1) is 6.61 Å². The van der Waals surface area contributed by atoms with E-state index in [0.717, 1.165) is 6.42 Å². The van der Waals surface area contributed by atoms with Crippen molar-refractivity contribution in [1.82, 2.24) is 0 Å². The van der Waals surface area contributed by atoms with Gasteiger partial charge in [-0.05, 0) is 25.0 Å². The monoisotopic (exact) mass is 184 g/mol. The van der Waals surface area contributed by atoms with Gasteiger partial charge in [0.2, 0.25) is 0 Å². The van der Waals surface area contributed by atoms with Crippen LogP contribution in [0.2, 0.25) is 0 Å². The zero-order chi connectivity index (χ0) is 9.84. The summed E-state index contributed by atoms with van der Waals surface area (Å²) in [4.78, 5) is 0. The molecule has 72 valence electrons. The number of rotatable bonds is 3. The first-order valence-corrected chi connectivity index (χ1v) is 4.27. The van der Waals surface area contributed by atoms with Gasteiger partial charge in [-0.15, -0.1) is 0 Å². The third-order valence-corrected chi connectivity index (χ3v) is 1.70. The first-order chi connectivity index (χ1) is 6.15. The van der Waals surface area contributed by atoms with Crippen LogP contribution in [0.5, 0.6) is 11.5 Å². The topological polar surface area (TPSA) is 29.5 Å². The molecule has 1 N–H and O–H groups in total. The molecule has 0 spiro atoms. The molecule has 13 heavy (non-hydrogen) atoms. The summed E-state index contributed by atoms with van der Waals surface area (Å²) in [5.41, 5.74) is 0.418. The molecular weight excluding hydrogens is 171 g/mol. The molecule has 0 bridgehead atoms. The maximum absolute atomic E-state index is 13.0. The van der Waals surface area contributed by atoms with Gasteiger partial charge >= 0.3 is 0 Å². The minimum Gasteiger partial charge on any atom is -0.504 e. The summed E-state index contributed by atoms with van der Waals surface area (Å²) in [6.07, 6.45) is 0.828. The third kappa shape index (κ3) is 2.34. The van der Waals surface area contributed by atoms with Crippen LogP contribution in [0.4, 0.5) is 4.39 Å². The first kappa shape index (κ1) is 9.84. The summed E-state index contributed by atoms with van der Waals surface area (Å²) in [6.45, 7) is 4.02. The predicted molar refractivity (Wildman–Crippen MR) is 48.6 cm³/mol. The Morgan fingerprint density at radius 2 is 2.15 bits per heavy atom.